The normalized spacial score (nSPS) is 14.7. The second-order valence-electron chi connectivity index (χ2n) is 5.97. The highest BCUT2D eigenvalue weighted by molar-refractivity contribution is 5.93. The van der Waals surface area contributed by atoms with Crippen LogP contribution in [0.3, 0.4) is 0 Å². The number of carbonyl (C=O) groups excluding carboxylic acids is 2. The molecule has 8 heteroatoms. The lowest BCUT2D eigenvalue weighted by molar-refractivity contribution is -0.140. The largest absolute Gasteiger partial charge is 0.384 e. The summed E-state index contributed by atoms with van der Waals surface area (Å²) >= 11 is 0. The van der Waals surface area contributed by atoms with Crippen LogP contribution in [0.2, 0.25) is 0 Å². The first-order valence-corrected chi connectivity index (χ1v) is 7.86. The van der Waals surface area contributed by atoms with Crippen LogP contribution >= 0.6 is 0 Å². The Hall–Kier alpha value is -3.00. The minimum absolute atomic E-state index is 0.176. The summed E-state index contributed by atoms with van der Waals surface area (Å²) in [5.74, 6) is -0.572. The van der Waals surface area contributed by atoms with E-state index in [1.807, 2.05) is 0 Å². The molecular weight excluding hydrogens is 324 g/mol. The van der Waals surface area contributed by atoms with Gasteiger partial charge in [0.2, 0.25) is 5.91 Å². The Balaban J connectivity index is 1.95. The van der Waals surface area contributed by atoms with Gasteiger partial charge >= 0.3 is 0 Å². The van der Waals surface area contributed by atoms with Crippen molar-refractivity contribution in [1.82, 2.24) is 14.9 Å². The van der Waals surface area contributed by atoms with Crippen LogP contribution in [-0.2, 0) is 17.8 Å². The van der Waals surface area contributed by atoms with Crippen molar-refractivity contribution in [2.75, 3.05) is 6.54 Å². The van der Waals surface area contributed by atoms with E-state index in [0.29, 0.717) is 41.2 Å². The SMILES string of the molecule is C[C@H](O)C(=O)N1CCc2c(nc(-c3ccc(C(N)=O)cc3)[nH]c2=O)C1. The number of aromatic amines is 1. The van der Waals surface area contributed by atoms with Crippen LogP contribution in [0.1, 0.15) is 28.5 Å². The number of hydrogen-bond donors (Lipinski definition) is 3. The number of carbonyl (C=O) groups is 2. The number of primary amides is 1. The van der Waals surface area contributed by atoms with Crippen molar-refractivity contribution in [3.8, 4) is 11.4 Å². The van der Waals surface area contributed by atoms with E-state index >= 15 is 0 Å². The number of fused-ring (bicyclic) bond motifs is 1. The topological polar surface area (TPSA) is 129 Å². The first-order valence-electron chi connectivity index (χ1n) is 7.86. The number of aliphatic hydroxyl groups is 1. The molecule has 8 nitrogen and oxygen atoms in total. The molecule has 1 aliphatic rings. The quantitative estimate of drug-likeness (QED) is 0.711. The molecule has 0 saturated heterocycles. The van der Waals surface area contributed by atoms with Crippen LogP contribution in [0.5, 0.6) is 0 Å². The minimum atomic E-state index is -1.09. The number of H-pyrrole nitrogens is 1. The van der Waals surface area contributed by atoms with Crippen molar-refractivity contribution >= 4 is 11.8 Å². The third-order valence-corrected chi connectivity index (χ3v) is 4.19. The molecule has 4 N–H and O–H groups in total. The van der Waals surface area contributed by atoms with E-state index in [1.54, 1.807) is 24.3 Å². The third kappa shape index (κ3) is 3.29. The Bertz CT molecular complexity index is 887. The van der Waals surface area contributed by atoms with Crippen LogP contribution in [0, 0.1) is 0 Å². The lowest BCUT2D eigenvalue weighted by atomic mass is 10.0. The monoisotopic (exact) mass is 342 g/mol. The van der Waals surface area contributed by atoms with Crippen molar-refractivity contribution < 1.29 is 14.7 Å². The van der Waals surface area contributed by atoms with Gasteiger partial charge in [0, 0.05) is 23.2 Å². The number of aliphatic hydroxyl groups excluding tert-OH is 1. The van der Waals surface area contributed by atoms with E-state index in [2.05, 4.69) is 9.97 Å². The van der Waals surface area contributed by atoms with E-state index < -0.39 is 12.0 Å². The van der Waals surface area contributed by atoms with E-state index in [0.717, 1.165) is 0 Å². The van der Waals surface area contributed by atoms with Gasteiger partial charge < -0.3 is 20.7 Å². The lowest BCUT2D eigenvalue weighted by Crippen LogP contribution is -2.43. The maximum Gasteiger partial charge on any atom is 0.254 e. The summed E-state index contributed by atoms with van der Waals surface area (Å²) < 4.78 is 0. The second kappa shape index (κ2) is 6.48. The third-order valence-electron chi connectivity index (χ3n) is 4.19. The Morgan fingerprint density at radius 2 is 2.00 bits per heavy atom. The molecular formula is C17H18N4O4. The number of nitrogens with zero attached hydrogens (tertiary/aromatic N) is 2. The van der Waals surface area contributed by atoms with Gasteiger partial charge in [-0.1, -0.05) is 12.1 Å². The van der Waals surface area contributed by atoms with Gasteiger partial charge in [0.15, 0.2) is 0 Å². The summed E-state index contributed by atoms with van der Waals surface area (Å²) in [6.07, 6.45) is -0.707. The zero-order valence-corrected chi connectivity index (χ0v) is 13.7. The molecule has 0 spiro atoms. The fourth-order valence-electron chi connectivity index (χ4n) is 2.82. The number of benzene rings is 1. The van der Waals surface area contributed by atoms with E-state index in [-0.39, 0.29) is 18.0 Å². The molecule has 0 unspecified atom stereocenters. The lowest BCUT2D eigenvalue weighted by Gasteiger charge is -2.28. The van der Waals surface area contributed by atoms with Crippen molar-refractivity contribution in [3.63, 3.8) is 0 Å². The smallest absolute Gasteiger partial charge is 0.254 e. The minimum Gasteiger partial charge on any atom is -0.384 e. The average Bonchev–Trinajstić information content (AvgIpc) is 2.60. The molecule has 0 fully saturated rings. The summed E-state index contributed by atoms with van der Waals surface area (Å²) in [7, 11) is 0. The van der Waals surface area contributed by atoms with Crippen LogP contribution < -0.4 is 11.3 Å². The van der Waals surface area contributed by atoms with Crippen LogP contribution in [0.15, 0.2) is 29.1 Å². The number of aromatic nitrogens is 2. The standard InChI is InChI=1S/C17H18N4O4/c1-9(22)17(25)21-7-6-12-13(8-21)19-15(20-16(12)24)11-4-2-10(3-5-11)14(18)23/h2-5,9,22H,6-8H2,1H3,(H2,18,23)(H,19,20,24)/t9-/m0/s1. The Kier molecular flexibility index (Phi) is 4.37. The maximum absolute atomic E-state index is 12.3. The fourth-order valence-corrected chi connectivity index (χ4v) is 2.82. The van der Waals surface area contributed by atoms with Gasteiger partial charge in [0.25, 0.3) is 11.5 Å². The summed E-state index contributed by atoms with van der Waals surface area (Å²) in [5.41, 5.74) is 7.02. The highest BCUT2D eigenvalue weighted by Crippen LogP contribution is 2.19. The molecule has 3 rings (SSSR count). The summed E-state index contributed by atoms with van der Waals surface area (Å²) in [4.78, 5) is 44.1. The summed E-state index contributed by atoms with van der Waals surface area (Å²) in [6, 6.07) is 6.40. The Morgan fingerprint density at radius 3 is 2.60 bits per heavy atom. The molecule has 0 bridgehead atoms. The number of amides is 2. The summed E-state index contributed by atoms with van der Waals surface area (Å²) in [5, 5.41) is 9.46. The zero-order valence-electron chi connectivity index (χ0n) is 13.7. The number of hydrogen-bond acceptors (Lipinski definition) is 5. The maximum atomic E-state index is 12.3. The van der Waals surface area contributed by atoms with Crippen LogP contribution in [0.4, 0.5) is 0 Å². The van der Waals surface area contributed by atoms with Gasteiger partial charge in [-0.05, 0) is 25.5 Å². The number of nitrogens with two attached hydrogens (primary N) is 1. The van der Waals surface area contributed by atoms with Crippen LogP contribution in [0.25, 0.3) is 11.4 Å². The Morgan fingerprint density at radius 1 is 1.32 bits per heavy atom. The molecule has 1 atom stereocenters. The van der Waals surface area contributed by atoms with Gasteiger partial charge in [-0.3, -0.25) is 14.4 Å². The Labute approximate surface area is 143 Å². The second-order valence-corrected chi connectivity index (χ2v) is 5.97. The molecule has 2 aromatic rings. The van der Waals surface area contributed by atoms with E-state index in [9.17, 15) is 19.5 Å². The van der Waals surface area contributed by atoms with Crippen molar-refractivity contribution in [3.05, 3.63) is 51.4 Å². The van der Waals surface area contributed by atoms with Crippen molar-refractivity contribution in [2.45, 2.75) is 26.0 Å². The number of nitrogens with one attached hydrogen (secondary N) is 1. The van der Waals surface area contributed by atoms with Crippen molar-refractivity contribution in [1.29, 1.82) is 0 Å². The van der Waals surface area contributed by atoms with Gasteiger partial charge in [-0.2, -0.15) is 0 Å². The molecule has 130 valence electrons. The van der Waals surface area contributed by atoms with Crippen LogP contribution in [-0.4, -0.2) is 44.4 Å². The van der Waals surface area contributed by atoms with Crippen molar-refractivity contribution in [2.24, 2.45) is 5.73 Å². The van der Waals surface area contributed by atoms with E-state index in [1.165, 1.54) is 11.8 Å². The van der Waals surface area contributed by atoms with Gasteiger partial charge in [-0.25, -0.2) is 4.98 Å². The predicted octanol–water partition coefficient (Wildman–Crippen LogP) is -0.199. The average molecular weight is 342 g/mol. The number of rotatable bonds is 3. The molecule has 0 aliphatic carbocycles. The van der Waals surface area contributed by atoms with Gasteiger partial charge in [-0.15, -0.1) is 0 Å². The summed E-state index contributed by atoms with van der Waals surface area (Å²) in [6.45, 7) is 1.96. The highest BCUT2D eigenvalue weighted by atomic mass is 16.3. The molecule has 2 heterocycles. The molecule has 25 heavy (non-hydrogen) atoms. The first kappa shape index (κ1) is 16.8. The molecule has 1 aliphatic heterocycles. The highest BCUT2D eigenvalue weighted by Gasteiger charge is 2.26. The first-order chi connectivity index (χ1) is 11.9. The predicted molar refractivity (Wildman–Crippen MR) is 89.6 cm³/mol. The van der Waals surface area contributed by atoms with Gasteiger partial charge in [0.05, 0.1) is 12.2 Å². The molecule has 2 amide bonds. The fraction of sp³-hybridized carbons (Fsp3) is 0.294. The van der Waals surface area contributed by atoms with Gasteiger partial charge in [0.1, 0.15) is 11.9 Å². The molecule has 0 saturated carbocycles. The molecule has 1 aromatic heterocycles. The van der Waals surface area contributed by atoms with E-state index in [4.69, 9.17) is 5.73 Å². The molecule has 1 aromatic carbocycles. The molecule has 0 radical (unpaired) electrons. The zero-order chi connectivity index (χ0) is 18.1.